The third-order valence-electron chi connectivity index (χ3n) is 1.97. The molecular weight excluding hydrogens is 258 g/mol. The fraction of sp³-hybridized carbons (Fsp3) is 0.273. The van der Waals surface area contributed by atoms with Gasteiger partial charge in [0.1, 0.15) is 11.8 Å². The molecule has 0 fully saturated rings. The molecule has 0 saturated heterocycles. The summed E-state index contributed by atoms with van der Waals surface area (Å²) < 4.78 is 4.98. The first kappa shape index (κ1) is 11.7. The first-order valence-electron chi connectivity index (χ1n) is 4.36. The average molecular weight is 268 g/mol. The molecule has 0 aliphatic rings. The molecule has 0 radical (unpaired) electrons. The molecule has 0 aliphatic carbocycles. The van der Waals surface area contributed by atoms with Crippen LogP contribution < -0.4 is 4.74 Å². The van der Waals surface area contributed by atoms with Gasteiger partial charge < -0.3 is 4.74 Å². The zero-order valence-corrected chi connectivity index (χ0v) is 10.0. The Labute approximate surface area is 96.8 Å². The predicted octanol–water partition coefficient (Wildman–Crippen LogP) is 2.53. The number of ketones is 1. The van der Waals surface area contributed by atoms with Crippen molar-refractivity contribution in [3.8, 4) is 11.8 Å². The van der Waals surface area contributed by atoms with Crippen molar-refractivity contribution in [3.63, 3.8) is 0 Å². The van der Waals surface area contributed by atoms with Crippen LogP contribution in [0.1, 0.15) is 22.8 Å². The van der Waals surface area contributed by atoms with Crippen LogP contribution in [0.2, 0.25) is 0 Å². The van der Waals surface area contributed by atoms with Gasteiger partial charge in [-0.15, -0.1) is 0 Å². The smallest absolute Gasteiger partial charge is 0.177 e. The summed E-state index contributed by atoms with van der Waals surface area (Å²) in [6.07, 6.45) is 0. The Bertz CT molecular complexity index is 421. The third kappa shape index (κ3) is 2.57. The van der Waals surface area contributed by atoms with E-state index in [-0.39, 0.29) is 10.6 Å². The zero-order valence-electron chi connectivity index (χ0n) is 8.45. The highest BCUT2D eigenvalue weighted by Gasteiger charge is 2.16. The fourth-order valence-corrected chi connectivity index (χ4v) is 1.42. The Morgan fingerprint density at radius 2 is 2.27 bits per heavy atom. The quantitative estimate of drug-likeness (QED) is 0.625. The number of rotatable bonds is 3. The molecule has 15 heavy (non-hydrogen) atoms. The van der Waals surface area contributed by atoms with Crippen LogP contribution in [-0.2, 0) is 0 Å². The molecule has 0 saturated carbocycles. The van der Waals surface area contributed by atoms with Gasteiger partial charge in [-0.3, -0.25) is 4.79 Å². The van der Waals surface area contributed by atoms with Gasteiger partial charge in [-0.05, 0) is 25.1 Å². The van der Waals surface area contributed by atoms with Gasteiger partial charge in [-0.1, -0.05) is 15.9 Å². The topological polar surface area (TPSA) is 50.1 Å². The van der Waals surface area contributed by atoms with Gasteiger partial charge in [-0.2, -0.15) is 5.26 Å². The molecule has 1 aromatic carbocycles. The second-order valence-electron chi connectivity index (χ2n) is 3.00. The molecular formula is C11H10BrNO2. The summed E-state index contributed by atoms with van der Waals surface area (Å²) in [6.45, 7) is 1.73. The standard InChI is InChI=1S/C11H10BrNO2/c1-7(12)11(14)10-4-3-9(15-2)5-8(10)6-13/h3-5,7H,1-2H3. The van der Waals surface area contributed by atoms with E-state index in [2.05, 4.69) is 15.9 Å². The number of methoxy groups -OCH3 is 1. The van der Waals surface area contributed by atoms with E-state index in [9.17, 15) is 4.79 Å². The maximum absolute atomic E-state index is 11.7. The van der Waals surface area contributed by atoms with Crippen LogP contribution in [0.4, 0.5) is 0 Å². The maximum Gasteiger partial charge on any atom is 0.177 e. The SMILES string of the molecule is COc1ccc(C(=O)C(C)Br)c(C#N)c1. The highest BCUT2D eigenvalue weighted by Crippen LogP contribution is 2.19. The molecule has 78 valence electrons. The molecule has 1 unspecified atom stereocenters. The van der Waals surface area contributed by atoms with E-state index in [4.69, 9.17) is 10.00 Å². The van der Waals surface area contributed by atoms with E-state index in [1.54, 1.807) is 25.1 Å². The van der Waals surface area contributed by atoms with E-state index < -0.39 is 0 Å². The monoisotopic (exact) mass is 267 g/mol. The summed E-state index contributed by atoms with van der Waals surface area (Å²) in [4.78, 5) is 11.4. The van der Waals surface area contributed by atoms with Crippen LogP contribution in [0.25, 0.3) is 0 Å². The molecule has 1 atom stereocenters. The zero-order chi connectivity index (χ0) is 11.4. The lowest BCUT2D eigenvalue weighted by Crippen LogP contribution is -2.11. The summed E-state index contributed by atoms with van der Waals surface area (Å²) in [7, 11) is 1.52. The van der Waals surface area contributed by atoms with E-state index >= 15 is 0 Å². The summed E-state index contributed by atoms with van der Waals surface area (Å²) in [5.41, 5.74) is 0.758. The number of carbonyl (C=O) groups excluding carboxylic acids is 1. The molecule has 1 aromatic rings. The molecule has 0 bridgehead atoms. The Balaban J connectivity index is 3.21. The minimum absolute atomic E-state index is 0.103. The van der Waals surface area contributed by atoms with Crippen molar-refractivity contribution in [2.45, 2.75) is 11.8 Å². The van der Waals surface area contributed by atoms with Crippen molar-refractivity contribution >= 4 is 21.7 Å². The molecule has 4 heteroatoms. The van der Waals surface area contributed by atoms with Crippen molar-refractivity contribution < 1.29 is 9.53 Å². The predicted molar refractivity (Wildman–Crippen MR) is 60.4 cm³/mol. The van der Waals surface area contributed by atoms with Crippen LogP contribution >= 0.6 is 15.9 Å². The molecule has 0 aromatic heterocycles. The largest absolute Gasteiger partial charge is 0.497 e. The number of halogens is 1. The van der Waals surface area contributed by atoms with Crippen LogP contribution in [0.3, 0.4) is 0 Å². The number of Topliss-reactive ketones (excluding diaryl/α,β-unsaturated/α-hetero) is 1. The van der Waals surface area contributed by atoms with Gasteiger partial charge in [0.15, 0.2) is 5.78 Å². The number of nitrogens with zero attached hydrogens (tertiary/aromatic N) is 1. The number of nitriles is 1. The van der Waals surface area contributed by atoms with Gasteiger partial charge >= 0.3 is 0 Å². The van der Waals surface area contributed by atoms with E-state index in [0.717, 1.165) is 0 Å². The third-order valence-corrected chi connectivity index (χ3v) is 2.39. The number of benzene rings is 1. The Morgan fingerprint density at radius 1 is 1.60 bits per heavy atom. The maximum atomic E-state index is 11.7. The van der Waals surface area contributed by atoms with Crippen molar-refractivity contribution in [3.05, 3.63) is 29.3 Å². The van der Waals surface area contributed by atoms with E-state index in [0.29, 0.717) is 16.9 Å². The van der Waals surface area contributed by atoms with Crippen molar-refractivity contribution in [2.24, 2.45) is 0 Å². The number of hydrogen-bond donors (Lipinski definition) is 0. The summed E-state index contributed by atoms with van der Waals surface area (Å²) >= 11 is 3.19. The Hall–Kier alpha value is -1.34. The lowest BCUT2D eigenvalue weighted by molar-refractivity contribution is 0.0995. The molecule has 0 aliphatic heterocycles. The minimum Gasteiger partial charge on any atom is -0.497 e. The lowest BCUT2D eigenvalue weighted by atomic mass is 10.0. The molecule has 1 rings (SSSR count). The van der Waals surface area contributed by atoms with Gasteiger partial charge in [0.2, 0.25) is 0 Å². The van der Waals surface area contributed by atoms with Crippen LogP contribution in [-0.4, -0.2) is 17.7 Å². The second-order valence-corrected chi connectivity index (χ2v) is 4.38. The minimum atomic E-state index is -0.294. The number of ether oxygens (including phenoxy) is 1. The summed E-state index contributed by atoms with van der Waals surface area (Å²) in [5.74, 6) is 0.472. The van der Waals surface area contributed by atoms with E-state index in [1.165, 1.54) is 7.11 Å². The average Bonchev–Trinajstić information content (AvgIpc) is 2.27. The van der Waals surface area contributed by atoms with Crippen LogP contribution in [0, 0.1) is 11.3 Å². The molecule has 0 amide bonds. The van der Waals surface area contributed by atoms with Gasteiger partial charge in [0.05, 0.1) is 17.5 Å². The first-order valence-corrected chi connectivity index (χ1v) is 5.28. The lowest BCUT2D eigenvalue weighted by Gasteiger charge is -2.06. The van der Waals surface area contributed by atoms with Crippen molar-refractivity contribution in [1.82, 2.24) is 0 Å². The molecule has 0 N–H and O–H groups in total. The van der Waals surface area contributed by atoms with E-state index in [1.807, 2.05) is 6.07 Å². The van der Waals surface area contributed by atoms with Gasteiger partial charge in [-0.25, -0.2) is 0 Å². The fourth-order valence-electron chi connectivity index (χ4n) is 1.17. The highest BCUT2D eigenvalue weighted by molar-refractivity contribution is 9.10. The first-order chi connectivity index (χ1) is 7.10. The van der Waals surface area contributed by atoms with Crippen LogP contribution in [0.5, 0.6) is 5.75 Å². The Kier molecular flexibility index (Phi) is 3.87. The Morgan fingerprint density at radius 3 is 2.73 bits per heavy atom. The second kappa shape index (κ2) is 4.94. The van der Waals surface area contributed by atoms with Gasteiger partial charge in [0.25, 0.3) is 0 Å². The number of hydrogen-bond acceptors (Lipinski definition) is 3. The number of alkyl halides is 1. The molecule has 3 nitrogen and oxygen atoms in total. The summed E-state index contributed by atoms with van der Waals surface area (Å²) in [6, 6.07) is 6.82. The highest BCUT2D eigenvalue weighted by atomic mass is 79.9. The molecule has 0 spiro atoms. The van der Waals surface area contributed by atoms with Crippen LogP contribution in [0.15, 0.2) is 18.2 Å². The number of carbonyl (C=O) groups is 1. The van der Waals surface area contributed by atoms with Crippen molar-refractivity contribution in [2.75, 3.05) is 7.11 Å². The normalized spacial score (nSPS) is 11.6. The molecule has 0 heterocycles. The van der Waals surface area contributed by atoms with Gasteiger partial charge in [0, 0.05) is 5.56 Å². The summed E-state index contributed by atoms with van der Waals surface area (Å²) in [5, 5.41) is 8.90. The van der Waals surface area contributed by atoms with Crippen molar-refractivity contribution in [1.29, 1.82) is 5.26 Å².